The van der Waals surface area contributed by atoms with E-state index in [4.69, 9.17) is 5.73 Å². The highest BCUT2D eigenvalue weighted by Crippen LogP contribution is 2.32. The third-order valence-corrected chi connectivity index (χ3v) is 3.65. The molecule has 1 heterocycles. The molecule has 0 radical (unpaired) electrons. The van der Waals surface area contributed by atoms with E-state index in [0.29, 0.717) is 6.04 Å². The fourth-order valence-electron chi connectivity index (χ4n) is 2.14. The van der Waals surface area contributed by atoms with Crippen molar-refractivity contribution >= 4 is 0 Å². The van der Waals surface area contributed by atoms with E-state index in [9.17, 15) is 0 Å². The molecule has 13 heavy (non-hydrogen) atoms. The molecule has 2 rings (SSSR count). The van der Waals surface area contributed by atoms with Gasteiger partial charge in [-0.3, -0.25) is 0 Å². The Hall–Kier alpha value is -0.0800. The Morgan fingerprint density at radius 1 is 1.31 bits per heavy atom. The summed E-state index contributed by atoms with van der Waals surface area (Å²) < 4.78 is 0. The van der Waals surface area contributed by atoms with E-state index < -0.39 is 0 Å². The van der Waals surface area contributed by atoms with Crippen LogP contribution in [0.2, 0.25) is 0 Å². The van der Waals surface area contributed by atoms with E-state index in [0.717, 1.165) is 18.4 Å². The molecule has 2 N–H and O–H groups in total. The van der Waals surface area contributed by atoms with E-state index >= 15 is 0 Å². The van der Waals surface area contributed by atoms with Gasteiger partial charge in [0.05, 0.1) is 0 Å². The van der Waals surface area contributed by atoms with Crippen molar-refractivity contribution in [2.75, 3.05) is 19.6 Å². The number of likely N-dealkylation sites (tertiary alicyclic amines) is 1. The predicted molar refractivity (Wildman–Crippen MR) is 55.5 cm³/mol. The van der Waals surface area contributed by atoms with Gasteiger partial charge in [0.15, 0.2) is 0 Å². The molecule has 2 heteroatoms. The number of hydrogen-bond acceptors (Lipinski definition) is 2. The Balaban J connectivity index is 1.68. The number of nitrogens with zero attached hydrogens (tertiary/aromatic N) is 1. The first kappa shape index (κ1) is 9.47. The first-order valence-electron chi connectivity index (χ1n) is 5.73. The Bertz CT molecular complexity index is 165. The summed E-state index contributed by atoms with van der Waals surface area (Å²) in [6, 6.07) is 0.424. The molecule has 1 saturated heterocycles. The first-order chi connectivity index (χ1) is 6.25. The van der Waals surface area contributed by atoms with Crippen LogP contribution >= 0.6 is 0 Å². The second-order valence-electron chi connectivity index (χ2n) is 4.96. The summed E-state index contributed by atoms with van der Waals surface area (Å²) in [6.45, 7) is 5.99. The number of hydrogen-bond donors (Lipinski definition) is 1. The minimum absolute atomic E-state index is 0.424. The maximum absolute atomic E-state index is 6.05. The minimum atomic E-state index is 0.424. The molecule has 1 saturated carbocycles. The Morgan fingerprint density at radius 2 is 2.08 bits per heavy atom. The Morgan fingerprint density at radius 3 is 2.69 bits per heavy atom. The van der Waals surface area contributed by atoms with Gasteiger partial charge in [-0.1, -0.05) is 19.8 Å². The van der Waals surface area contributed by atoms with Gasteiger partial charge in [0.1, 0.15) is 0 Å². The third kappa shape index (κ3) is 2.68. The van der Waals surface area contributed by atoms with Crippen LogP contribution in [0.3, 0.4) is 0 Å². The van der Waals surface area contributed by atoms with Crippen molar-refractivity contribution in [3.8, 4) is 0 Å². The molecule has 0 amide bonds. The first-order valence-corrected chi connectivity index (χ1v) is 5.73. The van der Waals surface area contributed by atoms with E-state index in [1.165, 1.54) is 38.8 Å². The fraction of sp³-hybridized carbons (Fsp3) is 1.00. The smallest absolute Gasteiger partial charge is 0.0194 e. The fourth-order valence-corrected chi connectivity index (χ4v) is 2.14. The van der Waals surface area contributed by atoms with Crippen LogP contribution in [-0.4, -0.2) is 30.6 Å². The summed E-state index contributed by atoms with van der Waals surface area (Å²) in [4.78, 5) is 2.56. The van der Waals surface area contributed by atoms with Crippen LogP contribution in [0, 0.1) is 11.8 Å². The zero-order valence-electron chi connectivity index (χ0n) is 8.71. The van der Waals surface area contributed by atoms with E-state index in [-0.39, 0.29) is 0 Å². The highest BCUT2D eigenvalue weighted by atomic mass is 15.1. The van der Waals surface area contributed by atoms with Crippen LogP contribution in [0.5, 0.6) is 0 Å². The Labute approximate surface area is 81.5 Å². The zero-order valence-corrected chi connectivity index (χ0v) is 8.71. The van der Waals surface area contributed by atoms with Crippen LogP contribution in [-0.2, 0) is 0 Å². The lowest BCUT2D eigenvalue weighted by atomic mass is 9.94. The molecular weight excluding hydrogens is 160 g/mol. The summed E-state index contributed by atoms with van der Waals surface area (Å²) in [6.07, 6.45) is 5.68. The van der Waals surface area contributed by atoms with E-state index in [1.54, 1.807) is 0 Å². The molecule has 0 aromatic carbocycles. The van der Waals surface area contributed by atoms with E-state index in [1.807, 2.05) is 0 Å². The van der Waals surface area contributed by atoms with Crippen molar-refractivity contribution in [3.63, 3.8) is 0 Å². The van der Waals surface area contributed by atoms with Gasteiger partial charge in [0, 0.05) is 12.6 Å². The second-order valence-corrected chi connectivity index (χ2v) is 4.96. The molecule has 2 nitrogen and oxygen atoms in total. The van der Waals surface area contributed by atoms with Crippen molar-refractivity contribution in [3.05, 3.63) is 0 Å². The topological polar surface area (TPSA) is 29.3 Å². The molecule has 1 aliphatic carbocycles. The van der Waals surface area contributed by atoms with Crippen molar-refractivity contribution in [2.45, 2.75) is 38.6 Å². The monoisotopic (exact) mass is 182 g/mol. The summed E-state index contributed by atoms with van der Waals surface area (Å²) in [5, 5.41) is 0. The highest BCUT2D eigenvalue weighted by molar-refractivity contribution is 4.82. The van der Waals surface area contributed by atoms with Crippen LogP contribution in [0.1, 0.15) is 32.6 Å². The molecule has 0 aromatic rings. The highest BCUT2D eigenvalue weighted by Gasteiger charge is 2.25. The molecule has 0 aromatic heterocycles. The summed E-state index contributed by atoms with van der Waals surface area (Å²) in [7, 11) is 0. The molecule has 0 spiro atoms. The third-order valence-electron chi connectivity index (χ3n) is 3.65. The van der Waals surface area contributed by atoms with Crippen LogP contribution in [0.4, 0.5) is 0 Å². The Kier molecular flexibility index (Phi) is 2.89. The van der Waals surface area contributed by atoms with Crippen LogP contribution < -0.4 is 5.73 Å². The van der Waals surface area contributed by atoms with Gasteiger partial charge in [-0.2, -0.15) is 0 Å². The number of piperidine rings is 1. The second kappa shape index (κ2) is 3.97. The van der Waals surface area contributed by atoms with Crippen LogP contribution in [0.25, 0.3) is 0 Å². The van der Waals surface area contributed by atoms with Gasteiger partial charge in [-0.15, -0.1) is 0 Å². The lowest BCUT2D eigenvalue weighted by molar-refractivity contribution is 0.165. The van der Waals surface area contributed by atoms with E-state index in [2.05, 4.69) is 11.8 Å². The lowest BCUT2D eigenvalue weighted by Gasteiger charge is -2.35. The average Bonchev–Trinajstić information content (AvgIpc) is 2.91. The standard InChI is InChI=1S/C11H22N2/c1-9-4-6-13(8-11(9)12)7-5-10-2-3-10/h9-11H,2-8,12H2,1H3. The molecule has 2 atom stereocenters. The number of nitrogens with two attached hydrogens (primary N) is 1. The lowest BCUT2D eigenvalue weighted by Crippen LogP contribution is -2.47. The van der Waals surface area contributed by atoms with Crippen molar-refractivity contribution in [2.24, 2.45) is 17.6 Å². The molecule has 1 aliphatic heterocycles. The molecule has 0 bridgehead atoms. The number of rotatable bonds is 3. The normalized spacial score (nSPS) is 36.5. The maximum atomic E-state index is 6.05. The quantitative estimate of drug-likeness (QED) is 0.716. The zero-order chi connectivity index (χ0) is 9.26. The largest absolute Gasteiger partial charge is 0.326 e. The summed E-state index contributed by atoms with van der Waals surface area (Å²) in [5.41, 5.74) is 6.05. The van der Waals surface area contributed by atoms with Gasteiger partial charge in [0.25, 0.3) is 0 Å². The van der Waals surface area contributed by atoms with Gasteiger partial charge in [0.2, 0.25) is 0 Å². The average molecular weight is 182 g/mol. The van der Waals surface area contributed by atoms with Gasteiger partial charge >= 0.3 is 0 Å². The molecule has 2 aliphatic rings. The predicted octanol–water partition coefficient (Wildman–Crippen LogP) is 1.46. The van der Waals surface area contributed by atoms with Crippen molar-refractivity contribution in [1.82, 2.24) is 4.90 Å². The maximum Gasteiger partial charge on any atom is 0.0194 e. The van der Waals surface area contributed by atoms with Crippen LogP contribution in [0.15, 0.2) is 0 Å². The van der Waals surface area contributed by atoms with Gasteiger partial charge < -0.3 is 10.6 Å². The van der Waals surface area contributed by atoms with Crippen molar-refractivity contribution < 1.29 is 0 Å². The van der Waals surface area contributed by atoms with Gasteiger partial charge in [-0.25, -0.2) is 0 Å². The van der Waals surface area contributed by atoms with Crippen molar-refractivity contribution in [1.29, 1.82) is 0 Å². The summed E-state index contributed by atoms with van der Waals surface area (Å²) in [5.74, 6) is 1.80. The molecular formula is C11H22N2. The van der Waals surface area contributed by atoms with Gasteiger partial charge in [-0.05, 0) is 37.8 Å². The molecule has 76 valence electrons. The summed E-state index contributed by atoms with van der Waals surface area (Å²) >= 11 is 0. The minimum Gasteiger partial charge on any atom is -0.326 e. The SMILES string of the molecule is CC1CCN(CCC2CC2)CC1N. The molecule has 2 fully saturated rings. The molecule has 2 unspecified atom stereocenters.